The second kappa shape index (κ2) is 5.44. The number of hydrogen-bond acceptors (Lipinski definition) is 4. The van der Waals surface area contributed by atoms with Crippen LogP contribution in [0.5, 0.6) is 0 Å². The number of nitrogens with zero attached hydrogens (tertiary/aromatic N) is 3. The summed E-state index contributed by atoms with van der Waals surface area (Å²) < 4.78 is 0. The second-order valence-electron chi connectivity index (χ2n) is 5.89. The zero-order valence-corrected chi connectivity index (χ0v) is 12.5. The number of likely N-dealkylation sites (tertiary alicyclic amines) is 1. The van der Waals surface area contributed by atoms with Gasteiger partial charge in [-0.15, -0.1) is 11.8 Å². The van der Waals surface area contributed by atoms with Gasteiger partial charge in [0.15, 0.2) is 0 Å². The van der Waals surface area contributed by atoms with Crippen LogP contribution in [0.2, 0.25) is 0 Å². The lowest BCUT2D eigenvalue weighted by molar-refractivity contribution is -0.140. The van der Waals surface area contributed by atoms with Crippen LogP contribution >= 0.6 is 11.8 Å². The number of carbonyl (C=O) groups is 2. The second-order valence-corrected chi connectivity index (χ2v) is 6.89. The number of thioether (sulfide) groups is 1. The molecule has 0 aromatic carbocycles. The zero-order valence-electron chi connectivity index (χ0n) is 11.7. The maximum absolute atomic E-state index is 12.6. The number of carbonyl (C=O) groups excluding carboxylic acids is 1. The van der Waals surface area contributed by atoms with E-state index in [9.17, 15) is 14.7 Å². The van der Waals surface area contributed by atoms with Gasteiger partial charge in [0.2, 0.25) is 0 Å². The van der Waals surface area contributed by atoms with Crippen molar-refractivity contribution in [3.8, 4) is 0 Å². The number of likely N-dealkylation sites (N-methyl/N-ethyl adjacent to an activating group) is 1. The molecule has 3 saturated heterocycles. The average Bonchev–Trinajstić information content (AvgIpc) is 2.95. The van der Waals surface area contributed by atoms with Crippen molar-refractivity contribution < 1.29 is 14.7 Å². The SMILES string of the molecule is CN1C2CCC1CN(C(=O)N1CSC[C@H]1C(=O)O)CC2. The molecule has 1 N–H and O–H groups in total. The molecule has 2 bridgehead atoms. The van der Waals surface area contributed by atoms with Crippen LogP contribution in [0, 0.1) is 0 Å². The molecule has 0 radical (unpaired) electrons. The number of amides is 2. The molecule has 3 aliphatic rings. The molecule has 6 nitrogen and oxygen atoms in total. The first-order chi connectivity index (χ1) is 9.58. The standard InChI is InChI=1S/C13H21N3O3S/c1-14-9-2-3-10(14)6-15(5-4-9)13(19)16-8-20-7-11(16)12(17)18/h9-11H,2-8H2,1H3,(H,17,18)/t9?,10?,11-/m0/s1. The first-order valence-electron chi connectivity index (χ1n) is 7.16. The van der Waals surface area contributed by atoms with Gasteiger partial charge in [0, 0.05) is 30.9 Å². The summed E-state index contributed by atoms with van der Waals surface area (Å²) >= 11 is 1.52. The van der Waals surface area contributed by atoms with Gasteiger partial charge in [-0.05, 0) is 26.3 Å². The van der Waals surface area contributed by atoms with E-state index < -0.39 is 12.0 Å². The molecular formula is C13H21N3O3S. The molecule has 2 unspecified atom stereocenters. The number of carboxylic acids is 1. The molecule has 3 rings (SSSR count). The number of aliphatic carboxylic acids is 1. The number of urea groups is 1. The third-order valence-corrected chi connectivity index (χ3v) is 5.84. The van der Waals surface area contributed by atoms with E-state index in [0.29, 0.717) is 23.7 Å². The Balaban J connectivity index is 1.69. The maximum Gasteiger partial charge on any atom is 0.327 e. The molecule has 0 aliphatic carbocycles. The lowest BCUT2D eigenvalue weighted by Gasteiger charge is -2.31. The minimum atomic E-state index is -0.892. The highest BCUT2D eigenvalue weighted by Gasteiger charge is 2.40. The van der Waals surface area contributed by atoms with Crippen LogP contribution < -0.4 is 0 Å². The normalized spacial score (nSPS) is 34.4. The van der Waals surface area contributed by atoms with Gasteiger partial charge in [0.05, 0.1) is 5.88 Å². The summed E-state index contributed by atoms with van der Waals surface area (Å²) in [5.74, 6) is 0.105. The van der Waals surface area contributed by atoms with Crippen LogP contribution in [-0.4, -0.2) is 81.7 Å². The molecule has 112 valence electrons. The molecule has 3 aliphatic heterocycles. The van der Waals surface area contributed by atoms with Crippen molar-refractivity contribution >= 4 is 23.8 Å². The summed E-state index contributed by atoms with van der Waals surface area (Å²) in [6.07, 6.45) is 3.36. The molecule has 0 aromatic heterocycles. The smallest absolute Gasteiger partial charge is 0.327 e. The lowest BCUT2D eigenvalue weighted by atomic mass is 10.1. The van der Waals surface area contributed by atoms with Crippen molar-refractivity contribution in [3.63, 3.8) is 0 Å². The van der Waals surface area contributed by atoms with Crippen molar-refractivity contribution in [1.82, 2.24) is 14.7 Å². The Bertz CT molecular complexity index is 420. The van der Waals surface area contributed by atoms with Gasteiger partial charge in [-0.2, -0.15) is 0 Å². The molecule has 7 heteroatoms. The summed E-state index contributed by atoms with van der Waals surface area (Å²) in [4.78, 5) is 29.6. The third-order valence-electron chi connectivity index (χ3n) is 4.83. The van der Waals surface area contributed by atoms with Gasteiger partial charge in [-0.3, -0.25) is 4.90 Å². The molecule has 2 amide bonds. The predicted octanol–water partition coefficient (Wildman–Crippen LogP) is 0.734. The van der Waals surface area contributed by atoms with E-state index in [1.54, 1.807) is 0 Å². The molecule has 0 spiro atoms. The fourth-order valence-corrected chi connectivity index (χ4v) is 4.64. The Morgan fingerprint density at radius 3 is 2.70 bits per heavy atom. The van der Waals surface area contributed by atoms with Crippen molar-refractivity contribution in [3.05, 3.63) is 0 Å². The minimum absolute atomic E-state index is 0.0941. The summed E-state index contributed by atoms with van der Waals surface area (Å²) in [5, 5.41) is 9.20. The van der Waals surface area contributed by atoms with Gasteiger partial charge < -0.3 is 14.9 Å². The Kier molecular flexibility index (Phi) is 3.81. The summed E-state index contributed by atoms with van der Waals surface area (Å²) in [6, 6.07) is 0.264. The lowest BCUT2D eigenvalue weighted by Crippen LogP contribution is -2.50. The van der Waals surface area contributed by atoms with Crippen LogP contribution in [0.1, 0.15) is 19.3 Å². The summed E-state index contributed by atoms with van der Waals surface area (Å²) in [5.41, 5.74) is 0. The highest BCUT2D eigenvalue weighted by Crippen LogP contribution is 2.30. The fourth-order valence-electron chi connectivity index (χ4n) is 3.50. The van der Waals surface area contributed by atoms with Crippen molar-refractivity contribution in [2.24, 2.45) is 0 Å². The largest absolute Gasteiger partial charge is 0.480 e. The number of rotatable bonds is 1. The summed E-state index contributed by atoms with van der Waals surface area (Å²) in [7, 11) is 2.14. The Morgan fingerprint density at radius 1 is 1.20 bits per heavy atom. The van der Waals surface area contributed by atoms with Crippen LogP contribution in [-0.2, 0) is 4.79 Å². The van der Waals surface area contributed by atoms with E-state index in [4.69, 9.17) is 0 Å². The average molecular weight is 299 g/mol. The zero-order chi connectivity index (χ0) is 14.3. The molecule has 3 heterocycles. The molecular weight excluding hydrogens is 278 g/mol. The Morgan fingerprint density at radius 2 is 1.95 bits per heavy atom. The number of hydrogen-bond donors (Lipinski definition) is 1. The first-order valence-corrected chi connectivity index (χ1v) is 8.31. The molecule has 3 atom stereocenters. The predicted molar refractivity (Wildman–Crippen MR) is 76.7 cm³/mol. The van der Waals surface area contributed by atoms with Crippen molar-refractivity contribution in [2.75, 3.05) is 31.8 Å². The monoisotopic (exact) mass is 299 g/mol. The van der Waals surface area contributed by atoms with Gasteiger partial charge in [-0.1, -0.05) is 0 Å². The first kappa shape index (κ1) is 14.0. The molecule has 3 fully saturated rings. The van der Waals surface area contributed by atoms with E-state index >= 15 is 0 Å². The number of fused-ring (bicyclic) bond motifs is 2. The van der Waals surface area contributed by atoms with E-state index in [1.165, 1.54) is 23.1 Å². The molecule has 0 aromatic rings. The van der Waals surface area contributed by atoms with Crippen LogP contribution in [0.25, 0.3) is 0 Å². The highest BCUT2D eigenvalue weighted by atomic mass is 32.2. The Labute approximate surface area is 123 Å². The van der Waals surface area contributed by atoms with Crippen LogP contribution in [0.15, 0.2) is 0 Å². The van der Waals surface area contributed by atoms with Gasteiger partial charge in [0.1, 0.15) is 6.04 Å². The van der Waals surface area contributed by atoms with E-state index in [0.717, 1.165) is 25.9 Å². The minimum Gasteiger partial charge on any atom is -0.480 e. The topological polar surface area (TPSA) is 64.1 Å². The van der Waals surface area contributed by atoms with Gasteiger partial charge >= 0.3 is 12.0 Å². The van der Waals surface area contributed by atoms with E-state index in [-0.39, 0.29) is 6.03 Å². The quantitative estimate of drug-likeness (QED) is 0.773. The van der Waals surface area contributed by atoms with Crippen LogP contribution in [0.3, 0.4) is 0 Å². The number of carboxylic acid groups (broad SMARTS) is 1. The molecule has 20 heavy (non-hydrogen) atoms. The fraction of sp³-hybridized carbons (Fsp3) is 0.846. The third kappa shape index (κ3) is 2.37. The Hall–Kier alpha value is -0.950. The van der Waals surface area contributed by atoms with Gasteiger partial charge in [0.25, 0.3) is 0 Å². The van der Waals surface area contributed by atoms with Crippen molar-refractivity contribution in [2.45, 2.75) is 37.4 Å². The maximum atomic E-state index is 12.6. The summed E-state index contributed by atoms with van der Waals surface area (Å²) in [6.45, 7) is 1.48. The van der Waals surface area contributed by atoms with E-state index in [1.807, 2.05) is 4.90 Å². The van der Waals surface area contributed by atoms with Crippen molar-refractivity contribution in [1.29, 1.82) is 0 Å². The van der Waals surface area contributed by atoms with E-state index in [2.05, 4.69) is 11.9 Å². The van der Waals surface area contributed by atoms with Crippen LogP contribution in [0.4, 0.5) is 4.79 Å². The highest BCUT2D eigenvalue weighted by molar-refractivity contribution is 7.99. The van der Waals surface area contributed by atoms with Gasteiger partial charge in [-0.25, -0.2) is 9.59 Å². The molecule has 0 saturated carbocycles.